The molecule has 0 spiro atoms. The predicted octanol–water partition coefficient (Wildman–Crippen LogP) is 4.62. The molecule has 0 atom stereocenters. The van der Waals surface area contributed by atoms with E-state index in [9.17, 15) is 18.0 Å². The molecule has 1 heterocycles. The van der Waals surface area contributed by atoms with Crippen molar-refractivity contribution in [3.8, 4) is 17.1 Å². The van der Waals surface area contributed by atoms with Crippen molar-refractivity contribution in [1.82, 2.24) is 14.9 Å². The maximum atomic E-state index is 13.3. The van der Waals surface area contributed by atoms with Gasteiger partial charge in [-0.15, -0.1) is 0 Å². The maximum absolute atomic E-state index is 13.3. The minimum Gasteiger partial charge on any atom is -0.493 e. The molecule has 3 aromatic rings. The van der Waals surface area contributed by atoms with E-state index in [4.69, 9.17) is 22.1 Å². The molecule has 3 rings (SSSR count). The highest BCUT2D eigenvalue weighted by molar-refractivity contribution is 6.31. The summed E-state index contributed by atoms with van der Waals surface area (Å²) in [5.41, 5.74) is 5.93. The third kappa shape index (κ3) is 5.75. The topological polar surface area (TPSA) is 94.5 Å². The van der Waals surface area contributed by atoms with Crippen LogP contribution in [0, 0.1) is 0 Å². The molecular weight excluding hydrogens is 459 g/mol. The quantitative estimate of drug-likeness (QED) is 0.380. The van der Waals surface area contributed by atoms with Crippen LogP contribution in [0.15, 0.2) is 41.4 Å². The molecule has 0 unspecified atom stereocenters. The molecule has 11 heteroatoms. The average Bonchev–Trinajstić information content (AvgIpc) is 3.12. The minimum atomic E-state index is -4.50. The lowest BCUT2D eigenvalue weighted by Crippen LogP contribution is -2.36. The van der Waals surface area contributed by atoms with Crippen molar-refractivity contribution in [1.29, 1.82) is 0 Å². The van der Waals surface area contributed by atoms with Gasteiger partial charge in [-0.2, -0.15) is 13.2 Å². The van der Waals surface area contributed by atoms with E-state index in [0.717, 1.165) is 12.1 Å². The number of ether oxygens (including phenoxy) is 1. The normalized spacial score (nSPS) is 12.2. The van der Waals surface area contributed by atoms with E-state index in [-0.39, 0.29) is 23.8 Å². The van der Waals surface area contributed by atoms with Gasteiger partial charge < -0.3 is 15.0 Å². The van der Waals surface area contributed by atoms with Gasteiger partial charge in [0.15, 0.2) is 5.96 Å². The summed E-state index contributed by atoms with van der Waals surface area (Å²) >= 11 is 6.19. The first-order chi connectivity index (χ1) is 15.6. The van der Waals surface area contributed by atoms with Crippen LogP contribution in [0.2, 0.25) is 5.02 Å². The summed E-state index contributed by atoms with van der Waals surface area (Å²) in [7, 11) is 1.45. The van der Waals surface area contributed by atoms with E-state index in [2.05, 4.69) is 15.3 Å². The lowest BCUT2D eigenvalue weighted by molar-refractivity contribution is -0.137. The number of rotatable bonds is 7. The Morgan fingerprint density at radius 2 is 2.03 bits per heavy atom. The molecular formula is C22H23ClF3N5O2. The number of hydrogen-bond donors (Lipinski definition) is 2. The Balaban J connectivity index is 2.04. The number of aryl methyl sites for hydroxylation is 1. The number of aliphatic imine (C=N–C) groups is 1. The van der Waals surface area contributed by atoms with Crippen LogP contribution >= 0.6 is 11.6 Å². The van der Waals surface area contributed by atoms with Crippen LogP contribution in [0.1, 0.15) is 25.3 Å². The molecule has 3 N–H and O–H groups in total. The smallest absolute Gasteiger partial charge is 0.416 e. The molecule has 1 amide bonds. The van der Waals surface area contributed by atoms with Crippen molar-refractivity contribution in [2.24, 2.45) is 10.7 Å². The molecule has 0 fully saturated rings. The molecule has 33 heavy (non-hydrogen) atoms. The van der Waals surface area contributed by atoms with Crippen LogP contribution in [-0.2, 0) is 17.5 Å². The summed E-state index contributed by atoms with van der Waals surface area (Å²) in [6, 6.07) is 8.39. The van der Waals surface area contributed by atoms with Crippen LogP contribution in [0.4, 0.5) is 13.2 Å². The van der Waals surface area contributed by atoms with E-state index in [1.807, 2.05) is 6.92 Å². The summed E-state index contributed by atoms with van der Waals surface area (Å²) in [4.78, 5) is 20.2. The Hall–Kier alpha value is -3.27. The number of fused-ring (bicyclic) bond motifs is 1. The van der Waals surface area contributed by atoms with Crippen molar-refractivity contribution < 1.29 is 22.7 Å². The lowest BCUT2D eigenvalue weighted by Gasteiger charge is -2.13. The summed E-state index contributed by atoms with van der Waals surface area (Å²) in [6.07, 6.45) is -3.99. The zero-order valence-corrected chi connectivity index (χ0v) is 18.8. The number of guanidine groups is 1. The number of hydrogen-bond acceptors (Lipinski definition) is 4. The zero-order chi connectivity index (χ0) is 24.2. The highest BCUT2D eigenvalue weighted by atomic mass is 35.5. The first kappa shape index (κ1) is 24.4. The molecule has 176 valence electrons. The fraction of sp³-hybridized carbons (Fsp3) is 0.318. The molecule has 0 saturated heterocycles. The van der Waals surface area contributed by atoms with E-state index < -0.39 is 11.7 Å². The van der Waals surface area contributed by atoms with E-state index in [1.54, 1.807) is 22.8 Å². The monoisotopic (exact) mass is 481 g/mol. The molecule has 0 saturated carbocycles. The van der Waals surface area contributed by atoms with Gasteiger partial charge >= 0.3 is 6.18 Å². The highest BCUT2D eigenvalue weighted by Gasteiger charge is 2.31. The van der Waals surface area contributed by atoms with Gasteiger partial charge in [0.25, 0.3) is 0 Å². The fourth-order valence-electron chi connectivity index (χ4n) is 3.36. The summed E-state index contributed by atoms with van der Waals surface area (Å²) < 4.78 is 47.2. The lowest BCUT2D eigenvalue weighted by atomic mass is 10.1. The van der Waals surface area contributed by atoms with Gasteiger partial charge in [0.05, 0.1) is 28.8 Å². The third-order valence-electron chi connectivity index (χ3n) is 4.85. The van der Waals surface area contributed by atoms with Crippen molar-refractivity contribution >= 4 is 34.5 Å². The molecule has 0 aliphatic heterocycles. The third-order valence-corrected chi connectivity index (χ3v) is 5.09. The zero-order valence-electron chi connectivity index (χ0n) is 18.0. The summed E-state index contributed by atoms with van der Waals surface area (Å²) in [5.74, 6) is 0.583. The SMILES string of the molecule is CCOc1ccc(Cl)cc1-c1nc2cc(C(F)(F)F)ccc2n1CCCC(=O)NC(N)=NC. The number of imidazole rings is 1. The molecule has 7 nitrogen and oxygen atoms in total. The first-order valence-corrected chi connectivity index (χ1v) is 10.5. The van der Waals surface area contributed by atoms with Gasteiger partial charge in [-0.25, -0.2) is 4.98 Å². The van der Waals surface area contributed by atoms with Gasteiger partial charge in [0.1, 0.15) is 11.6 Å². The van der Waals surface area contributed by atoms with Crippen LogP contribution in [0.5, 0.6) is 5.75 Å². The summed E-state index contributed by atoms with van der Waals surface area (Å²) in [6.45, 7) is 2.51. The highest BCUT2D eigenvalue weighted by Crippen LogP contribution is 2.36. The van der Waals surface area contributed by atoms with E-state index >= 15 is 0 Å². The Bertz CT molecular complexity index is 1190. The average molecular weight is 482 g/mol. The van der Waals surface area contributed by atoms with Gasteiger partial charge in [0, 0.05) is 25.0 Å². The molecule has 0 aliphatic carbocycles. The Labute approximate surface area is 193 Å². The second-order valence-electron chi connectivity index (χ2n) is 7.12. The van der Waals surface area contributed by atoms with Crippen LogP contribution in [0.3, 0.4) is 0 Å². The van der Waals surface area contributed by atoms with Gasteiger partial charge in [-0.05, 0) is 49.7 Å². The molecule has 0 radical (unpaired) electrons. The molecule has 2 aromatic carbocycles. The van der Waals surface area contributed by atoms with Crippen LogP contribution in [-0.4, -0.2) is 35.1 Å². The predicted molar refractivity (Wildman–Crippen MR) is 121 cm³/mol. The largest absolute Gasteiger partial charge is 0.493 e. The number of halogens is 4. The second-order valence-corrected chi connectivity index (χ2v) is 7.56. The Kier molecular flexibility index (Phi) is 7.47. The van der Waals surface area contributed by atoms with Gasteiger partial charge in [-0.1, -0.05) is 11.6 Å². The first-order valence-electron chi connectivity index (χ1n) is 10.2. The Morgan fingerprint density at radius 1 is 1.27 bits per heavy atom. The standard InChI is InChI=1S/C22H23ClF3N5O2/c1-3-33-18-9-7-14(23)12-15(18)20-29-16-11-13(22(24,25)26)6-8-17(16)31(20)10-4-5-19(32)30-21(27)28-2/h6-9,11-12H,3-5,10H2,1-2H3,(H3,27,28,30,32). The maximum Gasteiger partial charge on any atom is 0.416 e. The number of aromatic nitrogens is 2. The van der Waals surface area contributed by atoms with Crippen molar-refractivity contribution in [2.75, 3.05) is 13.7 Å². The van der Waals surface area contributed by atoms with Crippen LogP contribution < -0.4 is 15.8 Å². The second kappa shape index (κ2) is 10.1. The number of nitrogens with one attached hydrogen (secondary N) is 1. The molecule has 1 aromatic heterocycles. The number of amides is 1. The van der Waals surface area contributed by atoms with Gasteiger partial charge in [0.2, 0.25) is 5.91 Å². The minimum absolute atomic E-state index is 0.00809. The van der Waals surface area contributed by atoms with E-state index in [0.29, 0.717) is 47.2 Å². The summed E-state index contributed by atoms with van der Waals surface area (Å²) in [5, 5.41) is 2.88. The van der Waals surface area contributed by atoms with Gasteiger partial charge in [-0.3, -0.25) is 15.1 Å². The number of carbonyl (C=O) groups is 1. The molecule has 0 bridgehead atoms. The number of alkyl halides is 3. The van der Waals surface area contributed by atoms with Crippen molar-refractivity contribution in [3.63, 3.8) is 0 Å². The number of nitrogens with zero attached hydrogens (tertiary/aromatic N) is 3. The number of benzene rings is 2. The van der Waals surface area contributed by atoms with Crippen molar-refractivity contribution in [2.45, 2.75) is 32.5 Å². The van der Waals surface area contributed by atoms with Crippen molar-refractivity contribution in [3.05, 3.63) is 47.0 Å². The molecule has 0 aliphatic rings. The fourth-order valence-corrected chi connectivity index (χ4v) is 3.53. The van der Waals surface area contributed by atoms with E-state index in [1.165, 1.54) is 13.1 Å². The number of carbonyl (C=O) groups excluding carboxylic acids is 1. The van der Waals surface area contributed by atoms with Crippen LogP contribution in [0.25, 0.3) is 22.4 Å². The number of nitrogens with two attached hydrogens (primary N) is 1. The Morgan fingerprint density at radius 3 is 2.70 bits per heavy atom.